The van der Waals surface area contributed by atoms with E-state index in [1.807, 2.05) is 0 Å². The number of rotatable bonds is 1. The summed E-state index contributed by atoms with van der Waals surface area (Å²) in [5.74, 6) is 0.842. The van der Waals surface area contributed by atoms with Crippen LogP contribution in [0.5, 0.6) is 0 Å². The SMILES string of the molecule is Cc1c2c(cc3c1CCC3O)C=CCC(C1CC1)=C2. The summed E-state index contributed by atoms with van der Waals surface area (Å²) in [5.41, 5.74) is 8.28. The lowest BCUT2D eigenvalue weighted by molar-refractivity contribution is 0.180. The van der Waals surface area contributed by atoms with Crippen LogP contribution in [0.4, 0.5) is 0 Å². The molecule has 3 aliphatic rings. The molecule has 0 amide bonds. The van der Waals surface area contributed by atoms with E-state index in [9.17, 15) is 5.11 Å². The van der Waals surface area contributed by atoms with Crippen molar-refractivity contribution in [1.82, 2.24) is 0 Å². The molecule has 3 aliphatic carbocycles. The molecule has 0 bridgehead atoms. The molecule has 0 saturated heterocycles. The molecule has 0 aliphatic heterocycles. The quantitative estimate of drug-likeness (QED) is 0.794. The van der Waals surface area contributed by atoms with Crippen molar-refractivity contribution in [2.45, 2.75) is 45.1 Å². The molecular formula is C18H20O. The monoisotopic (exact) mass is 252 g/mol. The third kappa shape index (κ3) is 1.80. The van der Waals surface area contributed by atoms with E-state index in [1.165, 1.54) is 40.7 Å². The first kappa shape index (κ1) is 11.5. The summed E-state index contributed by atoms with van der Waals surface area (Å²) >= 11 is 0. The van der Waals surface area contributed by atoms with Crippen LogP contribution in [0, 0.1) is 12.8 Å². The second-order valence-corrected chi connectivity index (χ2v) is 6.23. The standard InChI is InChI=1S/C18H20O/c1-11-15-7-8-18(19)17(15)10-14-4-2-3-13(9-16(11)14)12-5-6-12/h2,4,9-10,12,18-19H,3,5-8H2,1H3. The van der Waals surface area contributed by atoms with E-state index in [0.29, 0.717) is 0 Å². The normalized spacial score (nSPS) is 24.7. The minimum absolute atomic E-state index is 0.248. The van der Waals surface area contributed by atoms with Crippen LogP contribution in [-0.2, 0) is 6.42 Å². The molecule has 0 aromatic heterocycles. The molecule has 1 unspecified atom stereocenters. The molecular weight excluding hydrogens is 232 g/mol. The topological polar surface area (TPSA) is 20.2 Å². The first-order chi connectivity index (χ1) is 9.24. The first-order valence-corrected chi connectivity index (χ1v) is 7.45. The molecule has 1 aromatic rings. The number of aliphatic hydroxyl groups excluding tert-OH is 1. The van der Waals surface area contributed by atoms with E-state index >= 15 is 0 Å². The van der Waals surface area contributed by atoms with Gasteiger partial charge in [-0.1, -0.05) is 23.8 Å². The van der Waals surface area contributed by atoms with Gasteiger partial charge in [0, 0.05) is 0 Å². The Morgan fingerprint density at radius 3 is 2.84 bits per heavy atom. The third-order valence-corrected chi connectivity index (χ3v) is 4.94. The van der Waals surface area contributed by atoms with Crippen molar-refractivity contribution in [2.75, 3.05) is 0 Å². The van der Waals surface area contributed by atoms with Gasteiger partial charge in [-0.25, -0.2) is 0 Å². The van der Waals surface area contributed by atoms with Gasteiger partial charge in [-0.05, 0) is 78.8 Å². The average molecular weight is 252 g/mol. The van der Waals surface area contributed by atoms with Crippen LogP contribution < -0.4 is 0 Å². The lowest BCUT2D eigenvalue weighted by atomic mass is 9.92. The highest BCUT2D eigenvalue weighted by Gasteiger charge is 2.28. The Hall–Kier alpha value is -1.34. The number of allylic oxidation sites excluding steroid dienone is 2. The lowest BCUT2D eigenvalue weighted by Gasteiger charge is -2.13. The van der Waals surface area contributed by atoms with Crippen molar-refractivity contribution >= 4 is 12.2 Å². The zero-order valence-electron chi connectivity index (χ0n) is 11.4. The second kappa shape index (κ2) is 4.08. The maximum Gasteiger partial charge on any atom is 0.0796 e. The fourth-order valence-electron chi connectivity index (χ4n) is 3.63. The first-order valence-electron chi connectivity index (χ1n) is 7.45. The predicted molar refractivity (Wildman–Crippen MR) is 78.8 cm³/mol. The van der Waals surface area contributed by atoms with Gasteiger partial charge in [0.1, 0.15) is 0 Å². The van der Waals surface area contributed by atoms with Crippen LogP contribution in [0.2, 0.25) is 0 Å². The van der Waals surface area contributed by atoms with Crippen LogP contribution in [-0.4, -0.2) is 5.11 Å². The summed E-state index contributed by atoms with van der Waals surface area (Å²) in [6.45, 7) is 2.23. The molecule has 1 aromatic carbocycles. The highest BCUT2D eigenvalue weighted by molar-refractivity contribution is 5.74. The van der Waals surface area contributed by atoms with Crippen molar-refractivity contribution in [2.24, 2.45) is 5.92 Å². The molecule has 19 heavy (non-hydrogen) atoms. The van der Waals surface area contributed by atoms with Crippen molar-refractivity contribution in [3.63, 3.8) is 0 Å². The van der Waals surface area contributed by atoms with Gasteiger partial charge in [0.25, 0.3) is 0 Å². The van der Waals surface area contributed by atoms with Crippen LogP contribution in [0.15, 0.2) is 17.7 Å². The van der Waals surface area contributed by atoms with Gasteiger partial charge in [-0.3, -0.25) is 0 Å². The third-order valence-electron chi connectivity index (χ3n) is 4.94. The zero-order valence-corrected chi connectivity index (χ0v) is 11.4. The molecule has 1 atom stereocenters. The van der Waals surface area contributed by atoms with E-state index in [2.05, 4.69) is 31.2 Å². The number of hydrogen-bond acceptors (Lipinski definition) is 1. The van der Waals surface area contributed by atoms with Crippen LogP contribution in [0.3, 0.4) is 0 Å². The lowest BCUT2D eigenvalue weighted by Crippen LogP contribution is -1.97. The number of fused-ring (bicyclic) bond motifs is 2. The Balaban J connectivity index is 1.91. The van der Waals surface area contributed by atoms with Crippen molar-refractivity contribution in [3.05, 3.63) is 45.5 Å². The zero-order chi connectivity index (χ0) is 13.0. The minimum Gasteiger partial charge on any atom is -0.388 e. The summed E-state index contributed by atoms with van der Waals surface area (Å²) in [7, 11) is 0. The number of benzene rings is 1. The maximum atomic E-state index is 10.1. The highest BCUT2D eigenvalue weighted by Crippen LogP contribution is 2.43. The summed E-state index contributed by atoms with van der Waals surface area (Å²) in [4.78, 5) is 0. The van der Waals surface area contributed by atoms with Crippen molar-refractivity contribution < 1.29 is 5.11 Å². The minimum atomic E-state index is -0.248. The molecule has 1 saturated carbocycles. The maximum absolute atomic E-state index is 10.1. The van der Waals surface area contributed by atoms with Crippen LogP contribution >= 0.6 is 0 Å². The van der Waals surface area contributed by atoms with Gasteiger partial charge in [0.2, 0.25) is 0 Å². The van der Waals surface area contributed by atoms with Crippen LogP contribution in [0.1, 0.15) is 59.6 Å². The van der Waals surface area contributed by atoms with Gasteiger partial charge >= 0.3 is 0 Å². The molecule has 0 heterocycles. The number of aliphatic hydroxyl groups is 1. The molecule has 1 heteroatoms. The molecule has 1 N–H and O–H groups in total. The summed E-state index contributed by atoms with van der Waals surface area (Å²) in [6, 6.07) is 2.22. The Morgan fingerprint density at radius 2 is 2.05 bits per heavy atom. The molecule has 0 spiro atoms. The van der Waals surface area contributed by atoms with Crippen molar-refractivity contribution in [1.29, 1.82) is 0 Å². The number of hydrogen-bond donors (Lipinski definition) is 1. The van der Waals surface area contributed by atoms with Gasteiger partial charge in [-0.15, -0.1) is 0 Å². The van der Waals surface area contributed by atoms with Gasteiger partial charge < -0.3 is 5.11 Å². The summed E-state index contributed by atoms with van der Waals surface area (Å²) < 4.78 is 0. The van der Waals surface area contributed by atoms with E-state index < -0.39 is 0 Å². The van der Waals surface area contributed by atoms with E-state index in [0.717, 1.165) is 25.2 Å². The summed E-state index contributed by atoms with van der Waals surface area (Å²) in [5, 5.41) is 10.1. The molecule has 1 fully saturated rings. The largest absolute Gasteiger partial charge is 0.388 e. The fourth-order valence-corrected chi connectivity index (χ4v) is 3.63. The van der Waals surface area contributed by atoms with E-state index in [4.69, 9.17) is 0 Å². The van der Waals surface area contributed by atoms with E-state index in [-0.39, 0.29) is 6.10 Å². The van der Waals surface area contributed by atoms with Crippen LogP contribution in [0.25, 0.3) is 12.2 Å². The van der Waals surface area contributed by atoms with Gasteiger partial charge in [-0.2, -0.15) is 0 Å². The summed E-state index contributed by atoms with van der Waals surface area (Å²) in [6.07, 6.45) is 12.5. The average Bonchev–Trinajstić information content (AvgIpc) is 3.18. The molecule has 4 rings (SSSR count). The van der Waals surface area contributed by atoms with Crippen molar-refractivity contribution in [3.8, 4) is 0 Å². The fraction of sp³-hybridized carbons (Fsp3) is 0.444. The highest BCUT2D eigenvalue weighted by atomic mass is 16.3. The Bertz CT molecular complexity index is 603. The van der Waals surface area contributed by atoms with Gasteiger partial charge in [0.05, 0.1) is 6.10 Å². The Labute approximate surface area is 114 Å². The smallest absolute Gasteiger partial charge is 0.0796 e. The Kier molecular flexibility index (Phi) is 2.46. The van der Waals surface area contributed by atoms with Gasteiger partial charge in [0.15, 0.2) is 0 Å². The molecule has 0 radical (unpaired) electrons. The second-order valence-electron chi connectivity index (χ2n) is 6.23. The predicted octanol–water partition coefficient (Wildman–Crippen LogP) is 4.18. The molecule has 98 valence electrons. The Morgan fingerprint density at radius 1 is 1.21 bits per heavy atom. The molecule has 1 nitrogen and oxygen atoms in total. The van der Waals surface area contributed by atoms with E-state index in [1.54, 1.807) is 5.57 Å².